The van der Waals surface area contributed by atoms with E-state index >= 15 is 0 Å². The van der Waals surface area contributed by atoms with Gasteiger partial charge in [0.1, 0.15) is 12.1 Å². The Morgan fingerprint density at radius 2 is 1.87 bits per heavy atom. The van der Waals surface area contributed by atoms with Gasteiger partial charge in [0.25, 0.3) is 0 Å². The molecule has 0 spiro atoms. The molecule has 15 heavy (non-hydrogen) atoms. The summed E-state index contributed by atoms with van der Waals surface area (Å²) in [6.07, 6.45) is 3.32. The van der Waals surface area contributed by atoms with Crippen LogP contribution in [0.4, 0.5) is 0 Å². The summed E-state index contributed by atoms with van der Waals surface area (Å²) < 4.78 is 0. The Labute approximate surface area is 86.0 Å². The number of hydrogen-bond acceptors (Lipinski definition) is 3. The first kappa shape index (κ1) is 8.17. The van der Waals surface area contributed by atoms with Crippen LogP contribution in [-0.2, 0) is 0 Å². The molecule has 0 saturated heterocycles. The molecular formula is C12H8N2O. The SMILES string of the molecule is Oc1ccc2c(ccc3cncnc32)c1. The molecule has 1 aromatic heterocycles. The summed E-state index contributed by atoms with van der Waals surface area (Å²) in [4.78, 5) is 8.22. The van der Waals surface area contributed by atoms with Crippen LogP contribution in [0.25, 0.3) is 21.7 Å². The van der Waals surface area contributed by atoms with Gasteiger partial charge < -0.3 is 5.11 Å². The van der Waals surface area contributed by atoms with E-state index in [1.165, 1.54) is 6.33 Å². The molecule has 0 atom stereocenters. The van der Waals surface area contributed by atoms with Crippen LogP contribution >= 0.6 is 0 Å². The van der Waals surface area contributed by atoms with Crippen molar-refractivity contribution in [1.29, 1.82) is 0 Å². The Morgan fingerprint density at radius 1 is 1.00 bits per heavy atom. The molecule has 0 aliphatic carbocycles. The van der Waals surface area contributed by atoms with Gasteiger partial charge in [0, 0.05) is 17.0 Å². The zero-order valence-corrected chi connectivity index (χ0v) is 7.88. The summed E-state index contributed by atoms with van der Waals surface area (Å²) in [6.45, 7) is 0. The first-order valence-electron chi connectivity index (χ1n) is 4.66. The first-order chi connectivity index (χ1) is 7.34. The van der Waals surface area contributed by atoms with Gasteiger partial charge >= 0.3 is 0 Å². The average molecular weight is 196 g/mol. The van der Waals surface area contributed by atoms with E-state index in [2.05, 4.69) is 9.97 Å². The van der Waals surface area contributed by atoms with Crippen LogP contribution in [-0.4, -0.2) is 15.1 Å². The van der Waals surface area contributed by atoms with Gasteiger partial charge in [0.2, 0.25) is 0 Å². The van der Waals surface area contributed by atoms with Crippen molar-refractivity contribution in [2.24, 2.45) is 0 Å². The van der Waals surface area contributed by atoms with Gasteiger partial charge in [-0.25, -0.2) is 9.97 Å². The Hall–Kier alpha value is -2.16. The van der Waals surface area contributed by atoms with Crippen LogP contribution in [0.15, 0.2) is 42.9 Å². The topological polar surface area (TPSA) is 46.0 Å². The molecular weight excluding hydrogens is 188 g/mol. The fourth-order valence-electron chi connectivity index (χ4n) is 1.77. The van der Waals surface area contributed by atoms with Gasteiger partial charge in [-0.15, -0.1) is 0 Å². The molecule has 1 heterocycles. The van der Waals surface area contributed by atoms with E-state index in [1.807, 2.05) is 18.2 Å². The Balaban J connectivity index is 2.55. The number of fused-ring (bicyclic) bond motifs is 3. The minimum Gasteiger partial charge on any atom is -0.508 e. The van der Waals surface area contributed by atoms with Crippen LogP contribution in [0.3, 0.4) is 0 Å². The summed E-state index contributed by atoms with van der Waals surface area (Å²) in [5, 5.41) is 12.4. The largest absolute Gasteiger partial charge is 0.508 e. The van der Waals surface area contributed by atoms with Crippen LogP contribution < -0.4 is 0 Å². The van der Waals surface area contributed by atoms with E-state index in [1.54, 1.807) is 18.3 Å². The zero-order valence-electron chi connectivity index (χ0n) is 7.88. The minimum absolute atomic E-state index is 0.274. The monoisotopic (exact) mass is 196 g/mol. The van der Waals surface area contributed by atoms with Crippen molar-refractivity contribution in [2.75, 3.05) is 0 Å². The van der Waals surface area contributed by atoms with Crippen LogP contribution in [0.1, 0.15) is 0 Å². The third-order valence-electron chi connectivity index (χ3n) is 2.47. The highest BCUT2D eigenvalue weighted by Crippen LogP contribution is 2.25. The number of benzene rings is 2. The maximum absolute atomic E-state index is 9.37. The highest BCUT2D eigenvalue weighted by Gasteiger charge is 2.01. The summed E-state index contributed by atoms with van der Waals surface area (Å²) in [5.41, 5.74) is 0.919. The molecule has 3 nitrogen and oxygen atoms in total. The smallest absolute Gasteiger partial charge is 0.116 e. The number of nitrogens with zero attached hydrogens (tertiary/aromatic N) is 2. The van der Waals surface area contributed by atoms with Gasteiger partial charge in [-0.1, -0.05) is 12.1 Å². The van der Waals surface area contributed by atoms with E-state index in [9.17, 15) is 5.11 Å². The van der Waals surface area contributed by atoms with E-state index < -0.39 is 0 Å². The number of aromatic hydroxyl groups is 1. The molecule has 3 aromatic rings. The zero-order chi connectivity index (χ0) is 10.3. The van der Waals surface area contributed by atoms with E-state index in [0.717, 1.165) is 21.7 Å². The standard InChI is InChI=1S/C12H8N2O/c15-10-3-4-11-8(5-10)1-2-9-6-13-7-14-12(9)11/h1-7,15H. The Bertz CT molecular complexity index is 649. The summed E-state index contributed by atoms with van der Waals surface area (Å²) >= 11 is 0. The molecule has 72 valence electrons. The number of phenolic OH excluding ortho intramolecular Hbond substituents is 1. The number of hydrogen-bond donors (Lipinski definition) is 1. The maximum atomic E-state index is 9.37. The lowest BCUT2D eigenvalue weighted by Gasteiger charge is -2.02. The third kappa shape index (κ3) is 1.21. The van der Waals surface area contributed by atoms with Crippen molar-refractivity contribution < 1.29 is 5.11 Å². The average Bonchev–Trinajstić information content (AvgIpc) is 2.28. The lowest BCUT2D eigenvalue weighted by Crippen LogP contribution is -1.82. The van der Waals surface area contributed by atoms with E-state index in [0.29, 0.717) is 0 Å². The second-order valence-electron chi connectivity index (χ2n) is 3.43. The Morgan fingerprint density at radius 3 is 2.80 bits per heavy atom. The van der Waals surface area contributed by atoms with Crippen molar-refractivity contribution in [2.45, 2.75) is 0 Å². The quantitative estimate of drug-likeness (QED) is 0.562. The molecule has 1 N–H and O–H groups in total. The molecule has 0 fully saturated rings. The molecule has 0 unspecified atom stereocenters. The van der Waals surface area contributed by atoms with Crippen molar-refractivity contribution >= 4 is 21.7 Å². The highest BCUT2D eigenvalue weighted by atomic mass is 16.3. The van der Waals surface area contributed by atoms with Crippen molar-refractivity contribution in [3.8, 4) is 5.75 Å². The fourth-order valence-corrected chi connectivity index (χ4v) is 1.77. The van der Waals surface area contributed by atoms with Crippen LogP contribution in [0, 0.1) is 0 Å². The van der Waals surface area contributed by atoms with Gasteiger partial charge in [-0.05, 0) is 23.6 Å². The molecule has 0 bridgehead atoms. The molecule has 0 aliphatic rings. The van der Waals surface area contributed by atoms with Gasteiger partial charge in [0.15, 0.2) is 0 Å². The number of aromatic nitrogens is 2. The van der Waals surface area contributed by atoms with Gasteiger partial charge in [0.05, 0.1) is 5.52 Å². The van der Waals surface area contributed by atoms with Crippen LogP contribution in [0.5, 0.6) is 5.75 Å². The molecule has 0 saturated carbocycles. The highest BCUT2D eigenvalue weighted by molar-refractivity contribution is 6.05. The van der Waals surface area contributed by atoms with Crippen molar-refractivity contribution in [3.63, 3.8) is 0 Å². The number of phenols is 1. The predicted molar refractivity (Wildman–Crippen MR) is 58.7 cm³/mol. The second kappa shape index (κ2) is 2.92. The van der Waals surface area contributed by atoms with E-state index in [-0.39, 0.29) is 5.75 Å². The molecule has 3 rings (SSSR count). The molecule has 3 heteroatoms. The number of rotatable bonds is 0. The normalized spacial score (nSPS) is 10.9. The molecule has 0 amide bonds. The minimum atomic E-state index is 0.274. The van der Waals surface area contributed by atoms with Crippen LogP contribution in [0.2, 0.25) is 0 Å². The maximum Gasteiger partial charge on any atom is 0.116 e. The molecule has 0 radical (unpaired) electrons. The van der Waals surface area contributed by atoms with Gasteiger partial charge in [-0.3, -0.25) is 0 Å². The fraction of sp³-hybridized carbons (Fsp3) is 0. The summed E-state index contributed by atoms with van der Waals surface area (Å²) in [6, 6.07) is 9.19. The van der Waals surface area contributed by atoms with Crippen molar-refractivity contribution in [1.82, 2.24) is 9.97 Å². The lowest BCUT2D eigenvalue weighted by molar-refractivity contribution is 0.476. The van der Waals surface area contributed by atoms with E-state index in [4.69, 9.17) is 0 Å². The summed E-state index contributed by atoms with van der Waals surface area (Å²) in [7, 11) is 0. The van der Waals surface area contributed by atoms with Crippen molar-refractivity contribution in [3.05, 3.63) is 42.9 Å². The lowest BCUT2D eigenvalue weighted by atomic mass is 10.1. The second-order valence-corrected chi connectivity index (χ2v) is 3.43. The first-order valence-corrected chi connectivity index (χ1v) is 4.66. The Kier molecular flexibility index (Phi) is 1.59. The van der Waals surface area contributed by atoms with Gasteiger partial charge in [-0.2, -0.15) is 0 Å². The summed E-state index contributed by atoms with van der Waals surface area (Å²) in [5.74, 6) is 0.274. The molecule has 0 aliphatic heterocycles. The predicted octanol–water partition coefficient (Wildman–Crippen LogP) is 2.49. The third-order valence-corrected chi connectivity index (χ3v) is 2.47. The molecule has 2 aromatic carbocycles.